The predicted molar refractivity (Wildman–Crippen MR) is 117 cm³/mol. The Balaban J connectivity index is 1.50. The molecule has 4 aromatic rings. The molecule has 8 nitrogen and oxygen atoms in total. The molecule has 0 saturated carbocycles. The van der Waals surface area contributed by atoms with Gasteiger partial charge in [0.1, 0.15) is 16.4 Å². The van der Waals surface area contributed by atoms with Crippen molar-refractivity contribution >= 4 is 21.4 Å². The molecule has 0 N–H and O–H groups in total. The molecule has 2 heterocycles. The Hall–Kier alpha value is -3.93. The third kappa shape index (κ3) is 5.43. The molecule has 0 saturated heterocycles. The van der Waals surface area contributed by atoms with Gasteiger partial charge in [-0.25, -0.2) is 18.4 Å². The molecule has 0 atom stereocenters. The van der Waals surface area contributed by atoms with Crippen molar-refractivity contribution in [3.8, 4) is 11.5 Å². The summed E-state index contributed by atoms with van der Waals surface area (Å²) in [5.41, 5.74) is 1.12. The Morgan fingerprint density at radius 2 is 1.83 bits per heavy atom. The summed E-state index contributed by atoms with van der Waals surface area (Å²) in [4.78, 5) is 20.0. The Morgan fingerprint density at radius 1 is 1.09 bits per heavy atom. The minimum absolute atomic E-state index is 0.127. The predicted octanol–water partition coefficient (Wildman–Crippen LogP) is 4.28. The Kier molecular flexibility index (Phi) is 6.48. The molecule has 0 fully saturated rings. The van der Waals surface area contributed by atoms with E-state index < -0.39 is 26.8 Å². The number of carbonyl (C=O) groups excluding carboxylic acids is 1. The van der Waals surface area contributed by atoms with Gasteiger partial charge in [0.2, 0.25) is 15.6 Å². The largest absolute Gasteiger partial charge is 0.573 e. The average Bonchev–Trinajstić information content (AvgIpc) is 3.30. The Labute approximate surface area is 197 Å². The second-order valence-electron chi connectivity index (χ2n) is 7.41. The molecule has 0 bridgehead atoms. The van der Waals surface area contributed by atoms with Crippen LogP contribution in [0.4, 0.5) is 13.2 Å². The van der Waals surface area contributed by atoms with Gasteiger partial charge in [-0.05, 0) is 36.2 Å². The van der Waals surface area contributed by atoms with Gasteiger partial charge in [0.15, 0.2) is 5.78 Å². The Bertz CT molecular complexity index is 1480. The molecule has 0 unspecified atom stereocenters. The van der Waals surface area contributed by atoms with Gasteiger partial charge in [0.25, 0.3) is 0 Å². The third-order valence-corrected chi connectivity index (χ3v) is 6.89. The van der Waals surface area contributed by atoms with Crippen molar-refractivity contribution in [2.75, 3.05) is 7.11 Å². The zero-order chi connectivity index (χ0) is 25.2. The number of methoxy groups -OCH3 is 1. The van der Waals surface area contributed by atoms with Crippen LogP contribution >= 0.6 is 0 Å². The summed E-state index contributed by atoms with van der Waals surface area (Å²) in [6, 6.07) is 8.55. The Morgan fingerprint density at radius 3 is 2.51 bits per heavy atom. The van der Waals surface area contributed by atoms with E-state index in [0.717, 1.165) is 18.2 Å². The smallest absolute Gasteiger partial charge is 0.495 e. The minimum atomic E-state index is -4.98. The van der Waals surface area contributed by atoms with Crippen molar-refractivity contribution in [2.24, 2.45) is 0 Å². The number of carbonyl (C=O) groups is 1. The van der Waals surface area contributed by atoms with Crippen LogP contribution in [0.5, 0.6) is 11.5 Å². The van der Waals surface area contributed by atoms with Gasteiger partial charge in [-0.2, -0.15) is 0 Å². The van der Waals surface area contributed by atoms with Gasteiger partial charge < -0.3 is 9.47 Å². The first kappa shape index (κ1) is 24.2. The van der Waals surface area contributed by atoms with E-state index in [1.807, 2.05) is 0 Å². The fourth-order valence-corrected chi connectivity index (χ4v) is 4.82. The molecular weight excluding hydrogens is 487 g/mol. The van der Waals surface area contributed by atoms with E-state index in [2.05, 4.69) is 14.7 Å². The van der Waals surface area contributed by atoms with Crippen molar-refractivity contribution < 1.29 is 35.9 Å². The van der Waals surface area contributed by atoms with Gasteiger partial charge in [-0.3, -0.25) is 9.20 Å². The number of Topliss-reactive ketones (excluding diaryl/α,β-unsaturated/α-hetero) is 1. The van der Waals surface area contributed by atoms with Gasteiger partial charge in [-0.1, -0.05) is 12.1 Å². The highest BCUT2D eigenvalue weighted by Crippen LogP contribution is 2.34. The summed E-state index contributed by atoms with van der Waals surface area (Å²) in [7, 11) is -3.02. The number of ether oxygens (including phenoxy) is 2. The lowest BCUT2D eigenvalue weighted by Gasteiger charge is -2.14. The number of imidazole rings is 1. The molecule has 35 heavy (non-hydrogen) atoms. The number of hydrogen-bond donors (Lipinski definition) is 0. The van der Waals surface area contributed by atoms with Crippen LogP contribution in [-0.2, 0) is 16.3 Å². The molecule has 0 aliphatic rings. The van der Waals surface area contributed by atoms with Crippen LogP contribution in [0, 0.1) is 0 Å². The summed E-state index contributed by atoms with van der Waals surface area (Å²) >= 11 is 0. The lowest BCUT2D eigenvalue weighted by Crippen LogP contribution is -2.17. The molecule has 0 amide bonds. The molecular formula is C23H18F3N3O5S. The third-order valence-electron chi connectivity index (χ3n) is 5.10. The lowest BCUT2D eigenvalue weighted by molar-refractivity contribution is -0.274. The zero-order valence-corrected chi connectivity index (χ0v) is 19.0. The molecule has 0 spiro atoms. The second kappa shape index (κ2) is 9.37. The fraction of sp³-hybridized carbons (Fsp3) is 0.174. The van der Waals surface area contributed by atoms with E-state index in [4.69, 9.17) is 4.74 Å². The van der Waals surface area contributed by atoms with Crippen LogP contribution in [0.1, 0.15) is 22.3 Å². The molecule has 4 rings (SSSR count). The van der Waals surface area contributed by atoms with Crippen LogP contribution in [0.25, 0.3) is 5.78 Å². The van der Waals surface area contributed by atoms with E-state index >= 15 is 0 Å². The summed E-state index contributed by atoms with van der Waals surface area (Å²) in [6.45, 7) is 0. The lowest BCUT2D eigenvalue weighted by atomic mass is 10.0. The zero-order valence-electron chi connectivity index (χ0n) is 18.2. The maximum atomic E-state index is 13.1. The first-order chi connectivity index (χ1) is 16.6. The van der Waals surface area contributed by atoms with Crippen molar-refractivity contribution in [1.82, 2.24) is 14.4 Å². The second-order valence-corrected chi connectivity index (χ2v) is 9.33. The number of aryl methyl sites for hydroxylation is 1. The van der Waals surface area contributed by atoms with E-state index in [1.54, 1.807) is 35.1 Å². The number of ketones is 1. The maximum absolute atomic E-state index is 13.1. The van der Waals surface area contributed by atoms with Crippen LogP contribution < -0.4 is 9.47 Å². The number of aromatic nitrogens is 3. The van der Waals surface area contributed by atoms with E-state index in [-0.39, 0.29) is 22.8 Å². The van der Waals surface area contributed by atoms with Crippen LogP contribution in [0.2, 0.25) is 0 Å². The summed E-state index contributed by atoms with van der Waals surface area (Å²) < 4.78 is 74.4. The minimum Gasteiger partial charge on any atom is -0.495 e. The quantitative estimate of drug-likeness (QED) is 0.330. The monoisotopic (exact) mass is 505 g/mol. The maximum Gasteiger partial charge on any atom is 0.573 e. The molecule has 0 aliphatic heterocycles. The fourth-order valence-electron chi connectivity index (χ4n) is 3.39. The number of rotatable bonds is 8. The number of hydrogen-bond acceptors (Lipinski definition) is 7. The number of sulfone groups is 1. The van der Waals surface area contributed by atoms with Crippen molar-refractivity contribution in [1.29, 1.82) is 0 Å². The van der Waals surface area contributed by atoms with E-state index in [1.165, 1.54) is 25.4 Å². The van der Waals surface area contributed by atoms with Crippen LogP contribution in [-0.4, -0.2) is 42.0 Å². The number of halogens is 3. The molecule has 12 heteroatoms. The average molecular weight is 505 g/mol. The highest BCUT2D eigenvalue weighted by atomic mass is 32.2. The van der Waals surface area contributed by atoms with Crippen molar-refractivity contribution in [2.45, 2.75) is 29.0 Å². The van der Waals surface area contributed by atoms with Gasteiger partial charge in [-0.15, -0.1) is 13.2 Å². The van der Waals surface area contributed by atoms with Gasteiger partial charge in [0, 0.05) is 37.3 Å². The summed E-state index contributed by atoms with van der Waals surface area (Å²) in [5, 5.41) is 0. The first-order valence-electron chi connectivity index (χ1n) is 10.2. The van der Waals surface area contributed by atoms with Crippen molar-refractivity contribution in [3.05, 3.63) is 78.4 Å². The van der Waals surface area contributed by atoms with E-state index in [9.17, 15) is 26.4 Å². The SMILES string of the molecule is COc1ccc(OC(F)(F)F)cc1S(=O)(=O)c1ccc(CCC(=O)c2cnc3nccn3c2)cc1. The normalized spacial score (nSPS) is 12.0. The van der Waals surface area contributed by atoms with Gasteiger partial charge >= 0.3 is 6.36 Å². The molecule has 0 radical (unpaired) electrons. The molecule has 182 valence electrons. The molecule has 2 aromatic carbocycles. The summed E-state index contributed by atoms with van der Waals surface area (Å²) in [5.74, 6) is -0.477. The number of fused-ring (bicyclic) bond motifs is 1. The molecule has 0 aliphatic carbocycles. The van der Waals surface area contributed by atoms with E-state index in [0.29, 0.717) is 23.3 Å². The molecule has 2 aromatic heterocycles. The highest BCUT2D eigenvalue weighted by molar-refractivity contribution is 7.91. The topological polar surface area (TPSA) is 99.9 Å². The number of benzene rings is 2. The number of nitrogens with zero attached hydrogens (tertiary/aromatic N) is 3. The standard InChI is InChI=1S/C23H18F3N3O5S/c1-33-20-9-5-17(34-23(24,25)26)12-21(20)35(31,32)18-6-2-15(3-7-18)4-8-19(30)16-13-28-22-27-10-11-29(22)14-16/h2-3,5-7,9-14H,4,8H2,1H3. The highest BCUT2D eigenvalue weighted by Gasteiger charge is 2.32. The van der Waals surface area contributed by atoms with Crippen LogP contribution in [0.15, 0.2) is 77.0 Å². The number of alkyl halides is 3. The first-order valence-corrected chi connectivity index (χ1v) is 11.6. The summed E-state index contributed by atoms with van der Waals surface area (Å²) in [6.07, 6.45) is 1.87. The van der Waals surface area contributed by atoms with Crippen LogP contribution in [0.3, 0.4) is 0 Å². The van der Waals surface area contributed by atoms with Gasteiger partial charge in [0.05, 0.1) is 17.6 Å². The van der Waals surface area contributed by atoms with Crippen molar-refractivity contribution in [3.63, 3.8) is 0 Å².